The Balaban J connectivity index is 2.15. The third-order valence-corrected chi connectivity index (χ3v) is 3.68. The van der Waals surface area contributed by atoms with Gasteiger partial charge in [0.2, 0.25) is 0 Å². The van der Waals surface area contributed by atoms with Crippen LogP contribution in [0.1, 0.15) is 17.9 Å². The summed E-state index contributed by atoms with van der Waals surface area (Å²) in [6.07, 6.45) is 0.582. The van der Waals surface area contributed by atoms with Crippen molar-refractivity contribution in [2.24, 2.45) is 0 Å². The van der Waals surface area contributed by atoms with Crippen LogP contribution in [0.15, 0.2) is 48.5 Å². The van der Waals surface area contributed by atoms with Gasteiger partial charge in [0.25, 0.3) is 5.69 Å². The molecule has 6 heteroatoms. The number of nitrogens with one attached hydrogen (secondary N) is 1. The molecule has 0 aromatic heterocycles. The zero-order valence-corrected chi connectivity index (χ0v) is 12.7. The first kappa shape index (κ1) is 16.3. The van der Waals surface area contributed by atoms with Crippen molar-refractivity contribution in [1.29, 1.82) is 0 Å². The van der Waals surface area contributed by atoms with Gasteiger partial charge in [0.1, 0.15) is 5.69 Å². The minimum atomic E-state index is -0.461. The van der Waals surface area contributed by atoms with E-state index in [9.17, 15) is 15.2 Å². The number of nitrogens with zero attached hydrogens (tertiary/aromatic N) is 1. The van der Waals surface area contributed by atoms with Crippen LogP contribution in [-0.2, 0) is 0 Å². The lowest BCUT2D eigenvalue weighted by atomic mass is 9.96. The molecular formula is C16H17ClN2O3. The Morgan fingerprint density at radius 3 is 2.59 bits per heavy atom. The number of aliphatic hydroxyl groups is 1. The van der Waals surface area contributed by atoms with Gasteiger partial charge >= 0.3 is 0 Å². The highest BCUT2D eigenvalue weighted by molar-refractivity contribution is 6.30. The van der Waals surface area contributed by atoms with Gasteiger partial charge < -0.3 is 10.4 Å². The predicted molar refractivity (Wildman–Crippen MR) is 87.5 cm³/mol. The summed E-state index contributed by atoms with van der Waals surface area (Å²) in [5, 5.41) is 23.7. The van der Waals surface area contributed by atoms with Crippen molar-refractivity contribution < 1.29 is 10.0 Å². The Labute approximate surface area is 133 Å². The molecule has 2 aromatic carbocycles. The summed E-state index contributed by atoms with van der Waals surface area (Å²) in [7, 11) is 0. The molecule has 22 heavy (non-hydrogen) atoms. The molecule has 5 nitrogen and oxygen atoms in total. The van der Waals surface area contributed by atoms with Crippen LogP contribution in [0.5, 0.6) is 0 Å². The Morgan fingerprint density at radius 2 is 1.95 bits per heavy atom. The smallest absolute Gasteiger partial charge is 0.293 e. The highest BCUT2D eigenvalue weighted by Crippen LogP contribution is 2.29. The maximum atomic E-state index is 11.1. The third kappa shape index (κ3) is 4.19. The SMILES string of the molecule is O=[N+]([O-])c1cc(Cl)ccc1NCC(CCO)c1ccccc1. The Kier molecular flexibility index (Phi) is 5.75. The molecular weight excluding hydrogens is 304 g/mol. The van der Waals surface area contributed by atoms with E-state index >= 15 is 0 Å². The molecule has 0 aliphatic heterocycles. The van der Waals surface area contributed by atoms with Gasteiger partial charge in [-0.3, -0.25) is 10.1 Å². The van der Waals surface area contributed by atoms with Crippen molar-refractivity contribution in [1.82, 2.24) is 0 Å². The van der Waals surface area contributed by atoms with Crippen molar-refractivity contribution in [3.05, 3.63) is 69.2 Å². The van der Waals surface area contributed by atoms with Crippen molar-refractivity contribution in [3.8, 4) is 0 Å². The standard InChI is InChI=1S/C16H17ClN2O3/c17-14-6-7-15(16(10-14)19(21)22)18-11-13(8-9-20)12-4-2-1-3-5-12/h1-7,10,13,18,20H,8-9,11H2. The summed E-state index contributed by atoms with van der Waals surface area (Å²) >= 11 is 5.80. The van der Waals surface area contributed by atoms with Gasteiger partial charge in [0, 0.05) is 30.2 Å². The van der Waals surface area contributed by atoms with Gasteiger partial charge in [0.15, 0.2) is 0 Å². The molecule has 0 amide bonds. The number of benzene rings is 2. The number of nitro benzene ring substituents is 1. The molecule has 116 valence electrons. The monoisotopic (exact) mass is 320 g/mol. The molecule has 0 aliphatic rings. The molecule has 2 rings (SSSR count). The number of hydrogen-bond acceptors (Lipinski definition) is 4. The van der Waals surface area contributed by atoms with Crippen LogP contribution >= 0.6 is 11.6 Å². The zero-order chi connectivity index (χ0) is 15.9. The number of rotatable bonds is 7. The van der Waals surface area contributed by atoms with Gasteiger partial charge in [-0.1, -0.05) is 41.9 Å². The predicted octanol–water partition coefficient (Wildman–Crippen LogP) is 3.83. The number of nitro groups is 1. The van der Waals surface area contributed by atoms with Crippen LogP contribution in [0.2, 0.25) is 5.02 Å². The Hall–Kier alpha value is -2.11. The average Bonchev–Trinajstić information content (AvgIpc) is 2.53. The number of aliphatic hydroxyl groups excluding tert-OH is 1. The normalized spacial score (nSPS) is 11.9. The summed E-state index contributed by atoms with van der Waals surface area (Å²) in [5.41, 5.74) is 1.46. The van der Waals surface area contributed by atoms with E-state index in [2.05, 4.69) is 5.32 Å². The highest BCUT2D eigenvalue weighted by Gasteiger charge is 2.16. The Morgan fingerprint density at radius 1 is 1.23 bits per heavy atom. The lowest BCUT2D eigenvalue weighted by Gasteiger charge is -2.18. The van der Waals surface area contributed by atoms with Gasteiger partial charge in [0.05, 0.1) is 4.92 Å². The first-order chi connectivity index (χ1) is 10.6. The van der Waals surface area contributed by atoms with Crippen molar-refractivity contribution in [2.75, 3.05) is 18.5 Å². The fourth-order valence-electron chi connectivity index (χ4n) is 2.31. The van der Waals surface area contributed by atoms with Crippen molar-refractivity contribution in [3.63, 3.8) is 0 Å². The summed E-state index contributed by atoms with van der Waals surface area (Å²) < 4.78 is 0. The van der Waals surface area contributed by atoms with Crippen molar-refractivity contribution in [2.45, 2.75) is 12.3 Å². The lowest BCUT2D eigenvalue weighted by molar-refractivity contribution is -0.383. The van der Waals surface area contributed by atoms with Gasteiger partial charge in [-0.2, -0.15) is 0 Å². The van der Waals surface area contributed by atoms with E-state index in [0.29, 0.717) is 23.7 Å². The number of halogens is 1. The first-order valence-electron chi connectivity index (χ1n) is 6.95. The molecule has 0 heterocycles. The quantitative estimate of drug-likeness (QED) is 0.600. The van der Waals surface area contributed by atoms with E-state index in [1.165, 1.54) is 6.07 Å². The lowest BCUT2D eigenvalue weighted by Crippen LogP contribution is -2.15. The van der Waals surface area contributed by atoms with E-state index in [1.54, 1.807) is 12.1 Å². The number of hydrogen-bond donors (Lipinski definition) is 2. The summed E-state index contributed by atoms with van der Waals surface area (Å²) in [6, 6.07) is 14.3. The molecule has 0 spiro atoms. The second-order valence-corrected chi connectivity index (χ2v) is 5.36. The second kappa shape index (κ2) is 7.77. The summed E-state index contributed by atoms with van der Waals surface area (Å²) in [5.74, 6) is 0.0708. The van der Waals surface area contributed by atoms with E-state index in [1.807, 2.05) is 30.3 Å². The first-order valence-corrected chi connectivity index (χ1v) is 7.33. The number of anilines is 1. The summed E-state index contributed by atoms with van der Waals surface area (Å²) in [6.45, 7) is 0.553. The van der Waals surface area contributed by atoms with Crippen molar-refractivity contribution >= 4 is 23.0 Å². The van der Waals surface area contributed by atoms with Crippen LogP contribution in [0, 0.1) is 10.1 Å². The maximum Gasteiger partial charge on any atom is 0.293 e. The maximum absolute atomic E-state index is 11.1. The molecule has 0 saturated heterocycles. The molecule has 0 radical (unpaired) electrons. The average molecular weight is 321 g/mol. The topological polar surface area (TPSA) is 75.4 Å². The molecule has 1 unspecified atom stereocenters. The van der Waals surface area contributed by atoms with Crippen LogP contribution in [0.25, 0.3) is 0 Å². The molecule has 2 N–H and O–H groups in total. The van der Waals surface area contributed by atoms with Crippen LogP contribution in [0.3, 0.4) is 0 Å². The summed E-state index contributed by atoms with van der Waals surface area (Å²) in [4.78, 5) is 10.6. The van der Waals surface area contributed by atoms with E-state index in [0.717, 1.165) is 5.56 Å². The highest BCUT2D eigenvalue weighted by atomic mass is 35.5. The molecule has 0 bridgehead atoms. The Bertz CT molecular complexity index is 635. The minimum absolute atomic E-state index is 0.0525. The third-order valence-electron chi connectivity index (χ3n) is 3.44. The van der Waals surface area contributed by atoms with Gasteiger partial charge in [-0.05, 0) is 24.1 Å². The molecule has 0 saturated carbocycles. The van der Waals surface area contributed by atoms with Gasteiger partial charge in [-0.25, -0.2) is 0 Å². The fourth-order valence-corrected chi connectivity index (χ4v) is 2.47. The van der Waals surface area contributed by atoms with E-state index in [4.69, 9.17) is 11.6 Å². The van der Waals surface area contributed by atoms with Crippen LogP contribution in [0.4, 0.5) is 11.4 Å². The molecule has 0 fully saturated rings. The molecule has 2 aromatic rings. The van der Waals surface area contributed by atoms with Crippen LogP contribution in [-0.4, -0.2) is 23.2 Å². The fraction of sp³-hybridized carbons (Fsp3) is 0.250. The molecule has 0 aliphatic carbocycles. The second-order valence-electron chi connectivity index (χ2n) is 4.92. The minimum Gasteiger partial charge on any atom is -0.396 e. The largest absolute Gasteiger partial charge is 0.396 e. The van der Waals surface area contributed by atoms with Crippen LogP contribution < -0.4 is 5.32 Å². The molecule has 1 atom stereocenters. The zero-order valence-electron chi connectivity index (χ0n) is 11.9. The van der Waals surface area contributed by atoms with E-state index in [-0.39, 0.29) is 18.2 Å². The van der Waals surface area contributed by atoms with Gasteiger partial charge in [-0.15, -0.1) is 0 Å². The van der Waals surface area contributed by atoms with E-state index < -0.39 is 4.92 Å².